The minimum absolute atomic E-state index is 0.132. The summed E-state index contributed by atoms with van der Waals surface area (Å²) in [5, 5.41) is 12.6. The predicted octanol–water partition coefficient (Wildman–Crippen LogP) is 1.90. The molecule has 0 radical (unpaired) electrons. The molecule has 1 fully saturated rings. The molecule has 1 aromatic rings. The lowest BCUT2D eigenvalue weighted by Crippen LogP contribution is -2.33. The van der Waals surface area contributed by atoms with Crippen molar-refractivity contribution >= 4 is 5.69 Å². The van der Waals surface area contributed by atoms with Crippen molar-refractivity contribution in [1.82, 2.24) is 5.32 Å². The Balaban J connectivity index is 2.28. The van der Waals surface area contributed by atoms with Crippen LogP contribution >= 0.6 is 0 Å². The summed E-state index contributed by atoms with van der Waals surface area (Å²) in [6, 6.07) is 5.32. The van der Waals surface area contributed by atoms with Crippen molar-refractivity contribution in [2.75, 3.05) is 24.6 Å². The number of hydrogen-bond donors (Lipinski definition) is 2. The van der Waals surface area contributed by atoms with Crippen LogP contribution in [0.5, 0.6) is 0 Å². The van der Waals surface area contributed by atoms with Crippen LogP contribution < -0.4 is 10.2 Å². The van der Waals surface area contributed by atoms with E-state index in [1.165, 1.54) is 6.07 Å². The molecule has 1 aliphatic rings. The van der Waals surface area contributed by atoms with Gasteiger partial charge in [-0.05, 0) is 31.5 Å². The van der Waals surface area contributed by atoms with Crippen molar-refractivity contribution in [2.24, 2.45) is 0 Å². The number of aliphatic hydroxyl groups excluding tert-OH is 1. The maximum atomic E-state index is 13.9. The van der Waals surface area contributed by atoms with Crippen LogP contribution in [-0.2, 0) is 6.54 Å². The highest BCUT2D eigenvalue weighted by Gasteiger charge is 2.26. The quantitative estimate of drug-likeness (QED) is 0.840. The summed E-state index contributed by atoms with van der Waals surface area (Å²) in [6.45, 7) is 4.39. The molecule has 2 rings (SSSR count). The third-order valence-electron chi connectivity index (χ3n) is 3.54. The van der Waals surface area contributed by atoms with Gasteiger partial charge in [0.25, 0.3) is 0 Å². The fourth-order valence-corrected chi connectivity index (χ4v) is 2.58. The average Bonchev–Trinajstić information content (AvgIpc) is 2.85. The van der Waals surface area contributed by atoms with Crippen LogP contribution in [0.1, 0.15) is 25.3 Å². The fourth-order valence-electron chi connectivity index (χ4n) is 2.58. The van der Waals surface area contributed by atoms with Crippen molar-refractivity contribution in [3.63, 3.8) is 0 Å². The highest BCUT2D eigenvalue weighted by molar-refractivity contribution is 5.55. The second-order valence-electron chi connectivity index (χ2n) is 4.69. The topological polar surface area (TPSA) is 35.5 Å². The molecule has 3 nitrogen and oxygen atoms in total. The molecule has 1 heterocycles. The molecule has 100 valence electrons. The molecule has 1 unspecified atom stereocenters. The maximum absolute atomic E-state index is 13.9. The first-order valence-corrected chi connectivity index (χ1v) is 6.63. The van der Waals surface area contributed by atoms with Crippen molar-refractivity contribution in [3.05, 3.63) is 29.6 Å². The first-order valence-electron chi connectivity index (χ1n) is 6.63. The van der Waals surface area contributed by atoms with Crippen LogP contribution in [0.2, 0.25) is 0 Å². The molecule has 0 bridgehead atoms. The summed E-state index contributed by atoms with van der Waals surface area (Å²) in [7, 11) is 0. The van der Waals surface area contributed by atoms with E-state index in [1.807, 2.05) is 13.0 Å². The number of aliphatic hydroxyl groups is 1. The molecule has 0 aromatic heterocycles. The summed E-state index contributed by atoms with van der Waals surface area (Å²) in [6.07, 6.45) is 2.04. The number of hydrogen-bond acceptors (Lipinski definition) is 3. The van der Waals surface area contributed by atoms with Gasteiger partial charge in [0.05, 0.1) is 12.6 Å². The molecular formula is C14H21FN2O. The van der Waals surface area contributed by atoms with Crippen LogP contribution in [0.4, 0.5) is 10.1 Å². The smallest absolute Gasteiger partial charge is 0.129 e. The van der Waals surface area contributed by atoms with E-state index in [-0.39, 0.29) is 18.5 Å². The number of nitrogens with zero attached hydrogens (tertiary/aromatic N) is 1. The maximum Gasteiger partial charge on any atom is 0.129 e. The van der Waals surface area contributed by atoms with Crippen molar-refractivity contribution in [2.45, 2.75) is 32.4 Å². The molecule has 18 heavy (non-hydrogen) atoms. The Morgan fingerprint density at radius 3 is 3.06 bits per heavy atom. The number of anilines is 1. The normalized spacial score (nSPS) is 19.5. The van der Waals surface area contributed by atoms with Gasteiger partial charge in [-0.2, -0.15) is 0 Å². The second-order valence-corrected chi connectivity index (χ2v) is 4.69. The SMILES string of the molecule is CCNCc1c(F)cccc1N1CCCC1CO. The van der Waals surface area contributed by atoms with E-state index in [4.69, 9.17) is 0 Å². The van der Waals surface area contributed by atoms with E-state index in [0.29, 0.717) is 12.1 Å². The van der Waals surface area contributed by atoms with Crippen LogP contribution in [-0.4, -0.2) is 30.8 Å². The Hall–Kier alpha value is -1.13. The van der Waals surface area contributed by atoms with E-state index in [9.17, 15) is 9.50 Å². The summed E-state index contributed by atoms with van der Waals surface area (Å²) in [5.74, 6) is -0.169. The number of nitrogens with one attached hydrogen (secondary N) is 1. The third kappa shape index (κ3) is 2.65. The number of benzene rings is 1. The zero-order valence-electron chi connectivity index (χ0n) is 10.8. The van der Waals surface area contributed by atoms with E-state index < -0.39 is 0 Å². The van der Waals surface area contributed by atoms with E-state index >= 15 is 0 Å². The molecule has 0 spiro atoms. The van der Waals surface area contributed by atoms with E-state index in [2.05, 4.69) is 10.2 Å². The van der Waals surface area contributed by atoms with Crippen LogP contribution in [0.15, 0.2) is 18.2 Å². The van der Waals surface area contributed by atoms with Crippen molar-refractivity contribution in [1.29, 1.82) is 0 Å². The Morgan fingerprint density at radius 1 is 1.50 bits per heavy atom. The average molecular weight is 252 g/mol. The Labute approximate surface area is 108 Å². The molecular weight excluding hydrogens is 231 g/mol. The van der Waals surface area contributed by atoms with Gasteiger partial charge < -0.3 is 15.3 Å². The van der Waals surface area contributed by atoms with E-state index in [0.717, 1.165) is 31.6 Å². The van der Waals surface area contributed by atoms with Crippen LogP contribution in [0, 0.1) is 5.82 Å². The molecule has 0 amide bonds. The van der Waals surface area contributed by atoms with Gasteiger partial charge in [0.2, 0.25) is 0 Å². The van der Waals surface area contributed by atoms with Crippen LogP contribution in [0.3, 0.4) is 0 Å². The molecule has 4 heteroatoms. The zero-order valence-corrected chi connectivity index (χ0v) is 10.8. The standard InChI is InChI=1S/C14H21FN2O/c1-2-16-9-12-13(15)6-3-7-14(12)17-8-4-5-11(17)10-18/h3,6-7,11,16,18H,2,4-5,8-10H2,1H3. The van der Waals surface area contributed by atoms with Gasteiger partial charge in [0, 0.05) is 24.3 Å². The third-order valence-corrected chi connectivity index (χ3v) is 3.54. The Bertz CT molecular complexity index is 397. The minimum Gasteiger partial charge on any atom is -0.394 e. The molecule has 0 saturated carbocycles. The van der Waals surface area contributed by atoms with E-state index in [1.54, 1.807) is 6.07 Å². The molecule has 1 atom stereocenters. The highest BCUT2D eigenvalue weighted by atomic mass is 19.1. The summed E-state index contributed by atoms with van der Waals surface area (Å²) in [4.78, 5) is 2.13. The molecule has 0 aliphatic carbocycles. The number of halogens is 1. The second kappa shape index (κ2) is 6.16. The molecule has 1 saturated heterocycles. The van der Waals surface area contributed by atoms with Gasteiger partial charge >= 0.3 is 0 Å². The van der Waals surface area contributed by atoms with Gasteiger partial charge in [-0.1, -0.05) is 13.0 Å². The van der Waals surface area contributed by atoms with Crippen LogP contribution in [0.25, 0.3) is 0 Å². The summed E-state index contributed by atoms with van der Waals surface area (Å²) >= 11 is 0. The Morgan fingerprint density at radius 2 is 2.33 bits per heavy atom. The lowest BCUT2D eigenvalue weighted by atomic mass is 10.1. The van der Waals surface area contributed by atoms with Gasteiger partial charge in [-0.15, -0.1) is 0 Å². The van der Waals surface area contributed by atoms with Crippen molar-refractivity contribution in [3.8, 4) is 0 Å². The first kappa shape index (κ1) is 13.3. The molecule has 2 N–H and O–H groups in total. The fraction of sp³-hybridized carbons (Fsp3) is 0.571. The number of rotatable bonds is 5. The van der Waals surface area contributed by atoms with Gasteiger partial charge in [0.15, 0.2) is 0 Å². The van der Waals surface area contributed by atoms with Crippen molar-refractivity contribution < 1.29 is 9.50 Å². The van der Waals surface area contributed by atoms with Gasteiger partial charge in [-0.25, -0.2) is 4.39 Å². The largest absolute Gasteiger partial charge is 0.394 e. The lowest BCUT2D eigenvalue weighted by molar-refractivity contribution is 0.266. The lowest BCUT2D eigenvalue weighted by Gasteiger charge is -2.28. The summed E-state index contributed by atoms with van der Waals surface area (Å²) < 4.78 is 13.9. The monoisotopic (exact) mass is 252 g/mol. The van der Waals surface area contributed by atoms with Gasteiger partial charge in [-0.3, -0.25) is 0 Å². The van der Waals surface area contributed by atoms with Gasteiger partial charge in [0.1, 0.15) is 5.82 Å². The Kier molecular flexibility index (Phi) is 4.55. The molecule has 1 aliphatic heterocycles. The first-order chi connectivity index (χ1) is 8.77. The summed E-state index contributed by atoms with van der Waals surface area (Å²) in [5.41, 5.74) is 1.63. The predicted molar refractivity (Wildman–Crippen MR) is 71.2 cm³/mol. The zero-order chi connectivity index (χ0) is 13.0. The minimum atomic E-state index is -0.169. The molecule has 1 aromatic carbocycles. The highest BCUT2D eigenvalue weighted by Crippen LogP contribution is 2.30.